The lowest BCUT2D eigenvalue weighted by atomic mass is 10.0. The van der Waals surface area contributed by atoms with E-state index in [9.17, 15) is 0 Å². The molecule has 0 bridgehead atoms. The highest BCUT2D eigenvalue weighted by atomic mass is 16.5. The summed E-state index contributed by atoms with van der Waals surface area (Å²) in [5.41, 5.74) is 9.21. The minimum Gasteiger partial charge on any atom is -0.493 e. The number of nitrogens with two attached hydrogens (primary N) is 1. The van der Waals surface area contributed by atoms with Gasteiger partial charge in [0.15, 0.2) is 11.5 Å². The molecular formula is C16H20N4O2. The molecule has 0 saturated carbocycles. The average molecular weight is 300 g/mol. The standard InChI is InChI=1S/C16H20N4O2/c1-21-14-4-3-11(7-15(14)22-2)8-20-6-5-12-13(9-20)18-10-19-16(12)17/h3-4,7,10H,5-6,8-9H2,1-2H3,(H2,17,18,19). The topological polar surface area (TPSA) is 73.5 Å². The Morgan fingerprint density at radius 2 is 2.00 bits per heavy atom. The molecule has 0 fully saturated rings. The maximum absolute atomic E-state index is 5.91. The van der Waals surface area contributed by atoms with Gasteiger partial charge in [-0.2, -0.15) is 0 Å². The molecule has 0 saturated heterocycles. The first-order valence-electron chi connectivity index (χ1n) is 7.22. The molecule has 6 heteroatoms. The molecule has 3 rings (SSSR count). The first-order chi connectivity index (χ1) is 10.7. The smallest absolute Gasteiger partial charge is 0.161 e. The van der Waals surface area contributed by atoms with Crippen LogP contribution in [0.15, 0.2) is 24.5 Å². The van der Waals surface area contributed by atoms with Crippen molar-refractivity contribution in [3.8, 4) is 11.5 Å². The number of aromatic nitrogens is 2. The Bertz CT molecular complexity index is 675. The van der Waals surface area contributed by atoms with Crippen LogP contribution in [0.3, 0.4) is 0 Å². The number of benzene rings is 1. The third kappa shape index (κ3) is 2.82. The van der Waals surface area contributed by atoms with E-state index in [0.29, 0.717) is 5.82 Å². The van der Waals surface area contributed by atoms with Gasteiger partial charge in [-0.25, -0.2) is 9.97 Å². The predicted octanol–water partition coefficient (Wildman–Crippen LogP) is 1.63. The van der Waals surface area contributed by atoms with Gasteiger partial charge in [-0.05, 0) is 24.1 Å². The van der Waals surface area contributed by atoms with Crippen molar-refractivity contribution < 1.29 is 9.47 Å². The summed E-state index contributed by atoms with van der Waals surface area (Å²) in [4.78, 5) is 10.8. The lowest BCUT2D eigenvalue weighted by Gasteiger charge is -2.28. The van der Waals surface area contributed by atoms with Crippen molar-refractivity contribution in [2.45, 2.75) is 19.5 Å². The summed E-state index contributed by atoms with van der Waals surface area (Å²) in [7, 11) is 3.29. The fraction of sp³-hybridized carbons (Fsp3) is 0.375. The highest BCUT2D eigenvalue weighted by Crippen LogP contribution is 2.29. The third-order valence-electron chi connectivity index (χ3n) is 3.97. The number of hydrogen-bond acceptors (Lipinski definition) is 6. The molecule has 0 unspecified atom stereocenters. The average Bonchev–Trinajstić information content (AvgIpc) is 2.55. The SMILES string of the molecule is COc1ccc(CN2CCc3c(N)ncnc3C2)cc1OC. The van der Waals surface area contributed by atoms with Crippen LogP contribution >= 0.6 is 0 Å². The Labute approximate surface area is 129 Å². The number of nitrogens with zero attached hydrogens (tertiary/aromatic N) is 3. The van der Waals surface area contributed by atoms with E-state index in [0.717, 1.165) is 48.8 Å². The van der Waals surface area contributed by atoms with Crippen LogP contribution in [-0.2, 0) is 19.5 Å². The van der Waals surface area contributed by atoms with Crippen LogP contribution in [-0.4, -0.2) is 35.6 Å². The van der Waals surface area contributed by atoms with Gasteiger partial charge in [-0.15, -0.1) is 0 Å². The quantitative estimate of drug-likeness (QED) is 0.925. The number of hydrogen-bond donors (Lipinski definition) is 1. The molecule has 2 N–H and O–H groups in total. The Morgan fingerprint density at radius 1 is 1.18 bits per heavy atom. The Morgan fingerprint density at radius 3 is 2.77 bits per heavy atom. The number of methoxy groups -OCH3 is 2. The first-order valence-corrected chi connectivity index (χ1v) is 7.22. The zero-order chi connectivity index (χ0) is 15.5. The van der Waals surface area contributed by atoms with Crippen LogP contribution in [0.1, 0.15) is 16.8 Å². The molecule has 0 amide bonds. The van der Waals surface area contributed by atoms with Gasteiger partial charge in [0.1, 0.15) is 12.1 Å². The van der Waals surface area contributed by atoms with Crippen molar-refractivity contribution in [3.05, 3.63) is 41.3 Å². The van der Waals surface area contributed by atoms with Crippen molar-refractivity contribution in [1.29, 1.82) is 0 Å². The van der Waals surface area contributed by atoms with Gasteiger partial charge >= 0.3 is 0 Å². The van der Waals surface area contributed by atoms with Crippen molar-refractivity contribution in [3.63, 3.8) is 0 Å². The molecule has 116 valence electrons. The fourth-order valence-electron chi connectivity index (χ4n) is 2.81. The molecule has 6 nitrogen and oxygen atoms in total. The number of fused-ring (bicyclic) bond motifs is 1. The Hall–Kier alpha value is -2.34. The van der Waals surface area contributed by atoms with Crippen LogP contribution in [0.2, 0.25) is 0 Å². The van der Waals surface area contributed by atoms with Crippen LogP contribution < -0.4 is 15.2 Å². The van der Waals surface area contributed by atoms with E-state index >= 15 is 0 Å². The molecule has 1 aromatic carbocycles. The molecule has 1 aliphatic rings. The predicted molar refractivity (Wildman–Crippen MR) is 83.8 cm³/mol. The van der Waals surface area contributed by atoms with Gasteiger partial charge in [-0.1, -0.05) is 6.07 Å². The molecule has 0 aliphatic carbocycles. The molecule has 0 spiro atoms. The summed E-state index contributed by atoms with van der Waals surface area (Å²) in [6.07, 6.45) is 2.42. The highest BCUT2D eigenvalue weighted by Gasteiger charge is 2.20. The van der Waals surface area contributed by atoms with Gasteiger partial charge in [0, 0.05) is 25.2 Å². The van der Waals surface area contributed by atoms with Crippen molar-refractivity contribution in [2.75, 3.05) is 26.5 Å². The molecule has 2 aromatic rings. The first kappa shape index (κ1) is 14.6. The Kier molecular flexibility index (Phi) is 4.11. The molecule has 0 atom stereocenters. The van der Waals surface area contributed by atoms with E-state index in [1.807, 2.05) is 12.1 Å². The zero-order valence-corrected chi connectivity index (χ0v) is 12.9. The largest absolute Gasteiger partial charge is 0.493 e. The third-order valence-corrected chi connectivity index (χ3v) is 3.97. The zero-order valence-electron chi connectivity index (χ0n) is 12.9. The van der Waals surface area contributed by atoms with Gasteiger partial charge in [0.2, 0.25) is 0 Å². The van der Waals surface area contributed by atoms with Gasteiger partial charge in [0.25, 0.3) is 0 Å². The lowest BCUT2D eigenvalue weighted by molar-refractivity contribution is 0.241. The lowest BCUT2D eigenvalue weighted by Crippen LogP contribution is -2.31. The van der Waals surface area contributed by atoms with Crippen LogP contribution in [0.4, 0.5) is 5.82 Å². The van der Waals surface area contributed by atoms with Crippen LogP contribution in [0.25, 0.3) is 0 Å². The van der Waals surface area contributed by atoms with E-state index < -0.39 is 0 Å². The molecule has 22 heavy (non-hydrogen) atoms. The fourth-order valence-corrected chi connectivity index (χ4v) is 2.81. The molecule has 0 radical (unpaired) electrons. The number of ether oxygens (including phenoxy) is 2. The van der Waals surface area contributed by atoms with Gasteiger partial charge in [-0.3, -0.25) is 4.90 Å². The summed E-state index contributed by atoms with van der Waals surface area (Å²) in [5.74, 6) is 2.11. The summed E-state index contributed by atoms with van der Waals surface area (Å²) < 4.78 is 10.6. The summed E-state index contributed by atoms with van der Waals surface area (Å²) in [5, 5.41) is 0. The molecule has 2 heterocycles. The van der Waals surface area contributed by atoms with Crippen LogP contribution in [0, 0.1) is 0 Å². The number of rotatable bonds is 4. The maximum Gasteiger partial charge on any atom is 0.161 e. The summed E-state index contributed by atoms with van der Waals surface area (Å²) in [6, 6.07) is 6.01. The van der Waals surface area contributed by atoms with E-state index in [4.69, 9.17) is 15.2 Å². The number of anilines is 1. The van der Waals surface area contributed by atoms with E-state index in [2.05, 4.69) is 20.9 Å². The van der Waals surface area contributed by atoms with Crippen molar-refractivity contribution in [2.24, 2.45) is 0 Å². The van der Waals surface area contributed by atoms with E-state index in [1.54, 1.807) is 14.2 Å². The second kappa shape index (κ2) is 6.19. The van der Waals surface area contributed by atoms with Gasteiger partial charge < -0.3 is 15.2 Å². The highest BCUT2D eigenvalue weighted by molar-refractivity contribution is 5.44. The van der Waals surface area contributed by atoms with E-state index in [-0.39, 0.29) is 0 Å². The van der Waals surface area contributed by atoms with Gasteiger partial charge in [0.05, 0.1) is 19.9 Å². The normalized spacial score (nSPS) is 14.5. The molecular weight excluding hydrogens is 280 g/mol. The second-order valence-corrected chi connectivity index (χ2v) is 5.33. The minimum absolute atomic E-state index is 0.607. The minimum atomic E-state index is 0.607. The summed E-state index contributed by atoms with van der Waals surface area (Å²) >= 11 is 0. The number of nitrogen functional groups attached to an aromatic ring is 1. The maximum atomic E-state index is 5.91. The summed E-state index contributed by atoms with van der Waals surface area (Å²) in [6.45, 7) is 2.57. The monoisotopic (exact) mass is 300 g/mol. The van der Waals surface area contributed by atoms with E-state index in [1.165, 1.54) is 11.9 Å². The Balaban J connectivity index is 1.75. The molecule has 1 aliphatic heterocycles. The molecule has 1 aromatic heterocycles. The van der Waals surface area contributed by atoms with Crippen LogP contribution in [0.5, 0.6) is 11.5 Å². The van der Waals surface area contributed by atoms with Crippen molar-refractivity contribution in [1.82, 2.24) is 14.9 Å². The van der Waals surface area contributed by atoms with Crippen molar-refractivity contribution >= 4 is 5.82 Å². The second-order valence-electron chi connectivity index (χ2n) is 5.33.